The smallest absolute Gasteiger partial charge is 0.406 e. The molecule has 0 aromatic heterocycles. The van der Waals surface area contributed by atoms with Crippen LogP contribution in [-0.2, 0) is 5.54 Å². The molecule has 1 fully saturated rings. The van der Waals surface area contributed by atoms with Crippen molar-refractivity contribution < 1.29 is 17.9 Å². The van der Waals surface area contributed by atoms with Crippen LogP contribution in [0.4, 0.5) is 18.9 Å². The Morgan fingerprint density at radius 2 is 1.81 bits per heavy atom. The van der Waals surface area contributed by atoms with E-state index < -0.39 is 11.9 Å². The molecule has 1 unspecified atom stereocenters. The molecule has 9 heteroatoms. The molecule has 0 bridgehead atoms. The zero-order valence-corrected chi connectivity index (χ0v) is 14.4. The van der Waals surface area contributed by atoms with E-state index in [0.29, 0.717) is 21.9 Å². The van der Waals surface area contributed by atoms with Crippen LogP contribution < -0.4 is 15.8 Å². The number of alkyl halides is 3. The zero-order chi connectivity index (χ0) is 19.1. The number of thiocarbonyl (C=S) groups is 1. The average molecular weight is 380 g/mol. The van der Waals surface area contributed by atoms with Crippen molar-refractivity contribution in [1.82, 2.24) is 10.2 Å². The van der Waals surface area contributed by atoms with Crippen molar-refractivity contribution in [2.45, 2.75) is 11.9 Å². The fourth-order valence-corrected chi connectivity index (χ4v) is 3.16. The van der Waals surface area contributed by atoms with Crippen molar-refractivity contribution in [2.24, 2.45) is 0 Å². The minimum atomic E-state index is -4.77. The van der Waals surface area contributed by atoms with Crippen molar-refractivity contribution in [3.8, 4) is 5.75 Å². The van der Waals surface area contributed by atoms with Crippen molar-refractivity contribution >= 4 is 28.9 Å². The first-order valence-electron chi connectivity index (χ1n) is 7.51. The first-order chi connectivity index (χ1) is 12.1. The summed E-state index contributed by atoms with van der Waals surface area (Å²) in [4.78, 5) is 1.50. The van der Waals surface area contributed by atoms with Crippen LogP contribution >= 0.6 is 12.2 Å². The molecular weight excluding hydrogens is 365 g/mol. The number of hydrogen-bond donors (Lipinski definition) is 3. The SMILES string of the molecule is CN1C(=N)C(c2ccc(OC(F)(F)F)cc2)(c2cccc(N)c2)NC1=S. The third-order valence-electron chi connectivity index (χ3n) is 4.13. The maximum Gasteiger partial charge on any atom is 0.573 e. The Morgan fingerprint density at radius 1 is 1.15 bits per heavy atom. The van der Waals surface area contributed by atoms with Gasteiger partial charge in [-0.1, -0.05) is 24.3 Å². The van der Waals surface area contributed by atoms with E-state index in [1.807, 2.05) is 0 Å². The quantitative estimate of drug-likeness (QED) is 0.563. The Labute approximate surface area is 153 Å². The predicted octanol–water partition coefficient (Wildman–Crippen LogP) is 3.21. The van der Waals surface area contributed by atoms with Gasteiger partial charge in [-0.3, -0.25) is 5.41 Å². The molecule has 5 nitrogen and oxygen atoms in total. The second-order valence-electron chi connectivity index (χ2n) is 5.79. The van der Waals surface area contributed by atoms with Gasteiger partial charge in [0.2, 0.25) is 0 Å². The molecule has 1 aliphatic heterocycles. The molecule has 0 aliphatic carbocycles. The number of benzene rings is 2. The number of hydrogen-bond acceptors (Lipinski definition) is 4. The van der Waals surface area contributed by atoms with E-state index in [9.17, 15) is 13.2 Å². The molecule has 4 N–H and O–H groups in total. The van der Waals surface area contributed by atoms with E-state index in [4.69, 9.17) is 23.4 Å². The molecule has 0 spiro atoms. The highest BCUT2D eigenvalue weighted by atomic mass is 32.1. The monoisotopic (exact) mass is 380 g/mol. The van der Waals surface area contributed by atoms with Crippen molar-refractivity contribution in [3.63, 3.8) is 0 Å². The molecule has 0 saturated carbocycles. The molecule has 26 heavy (non-hydrogen) atoms. The molecule has 2 aromatic rings. The standard InChI is InChI=1S/C17H15F3N4OS/c1-24-14(22)16(23-15(24)26,11-3-2-4-12(21)9-11)10-5-7-13(8-6-10)25-17(18,19)20/h2-9,22H,21H2,1H3,(H,23,26). The van der Waals surface area contributed by atoms with E-state index in [1.54, 1.807) is 31.3 Å². The van der Waals surface area contributed by atoms with E-state index in [-0.39, 0.29) is 11.6 Å². The van der Waals surface area contributed by atoms with Crippen LogP contribution in [0.1, 0.15) is 11.1 Å². The summed E-state index contributed by atoms with van der Waals surface area (Å²) in [5, 5.41) is 12.0. The molecular formula is C17H15F3N4OS. The predicted molar refractivity (Wildman–Crippen MR) is 96.0 cm³/mol. The molecule has 1 saturated heterocycles. The number of likely N-dealkylation sites (N-methyl/N-ethyl adjacent to an activating group) is 1. The molecule has 0 amide bonds. The number of amidine groups is 1. The van der Waals surface area contributed by atoms with Crippen molar-refractivity contribution in [2.75, 3.05) is 12.8 Å². The average Bonchev–Trinajstić information content (AvgIpc) is 2.79. The molecule has 1 aliphatic rings. The Balaban J connectivity index is 2.11. The zero-order valence-electron chi connectivity index (χ0n) is 13.6. The maximum atomic E-state index is 12.4. The number of halogens is 3. The minimum absolute atomic E-state index is 0.137. The second-order valence-corrected chi connectivity index (χ2v) is 6.17. The van der Waals surface area contributed by atoms with Gasteiger partial charge in [0.05, 0.1) is 0 Å². The van der Waals surface area contributed by atoms with Crippen LogP contribution in [0.2, 0.25) is 0 Å². The Kier molecular flexibility index (Phi) is 4.27. The first-order valence-corrected chi connectivity index (χ1v) is 7.91. The topological polar surface area (TPSA) is 74.4 Å². The summed E-state index contributed by atoms with van der Waals surface area (Å²) in [7, 11) is 1.65. The summed E-state index contributed by atoms with van der Waals surface area (Å²) in [6.07, 6.45) is -4.77. The summed E-state index contributed by atoms with van der Waals surface area (Å²) in [6.45, 7) is 0. The van der Waals surface area contributed by atoms with E-state index >= 15 is 0 Å². The summed E-state index contributed by atoms with van der Waals surface area (Å²) < 4.78 is 41.1. The van der Waals surface area contributed by atoms with Gasteiger partial charge in [-0.15, -0.1) is 13.2 Å². The molecule has 3 rings (SSSR count). The fraction of sp³-hybridized carbons (Fsp3) is 0.176. The van der Waals surface area contributed by atoms with Gasteiger partial charge in [-0.05, 0) is 47.6 Å². The lowest BCUT2D eigenvalue weighted by Gasteiger charge is -2.30. The molecule has 136 valence electrons. The summed E-state index contributed by atoms with van der Waals surface area (Å²) in [6, 6.07) is 12.3. The molecule has 2 aromatic carbocycles. The van der Waals surface area contributed by atoms with E-state index in [2.05, 4.69) is 10.1 Å². The molecule has 0 radical (unpaired) electrons. The summed E-state index contributed by atoms with van der Waals surface area (Å²) in [5.41, 5.74) is 6.41. The summed E-state index contributed by atoms with van der Waals surface area (Å²) in [5.74, 6) is -0.206. The van der Waals surface area contributed by atoms with Crippen molar-refractivity contribution in [1.29, 1.82) is 5.41 Å². The van der Waals surface area contributed by atoms with Crippen LogP contribution in [0.5, 0.6) is 5.75 Å². The van der Waals surface area contributed by atoms with Crippen molar-refractivity contribution in [3.05, 3.63) is 59.7 Å². The van der Waals surface area contributed by atoms with Crippen LogP contribution in [0.15, 0.2) is 48.5 Å². The third-order valence-corrected chi connectivity index (χ3v) is 4.51. The highest BCUT2D eigenvalue weighted by molar-refractivity contribution is 7.80. The number of nitrogens with zero attached hydrogens (tertiary/aromatic N) is 1. The van der Waals surface area contributed by atoms with Gasteiger partial charge in [0, 0.05) is 12.7 Å². The lowest BCUT2D eigenvalue weighted by atomic mass is 9.82. The number of nitrogen functional groups attached to an aromatic ring is 1. The lowest BCUT2D eigenvalue weighted by Crippen LogP contribution is -2.44. The normalized spacial score (nSPS) is 20.2. The van der Waals surface area contributed by atoms with Crippen LogP contribution in [0.3, 0.4) is 0 Å². The largest absolute Gasteiger partial charge is 0.573 e. The van der Waals surface area contributed by atoms with Gasteiger partial charge in [-0.2, -0.15) is 0 Å². The van der Waals surface area contributed by atoms with E-state index in [0.717, 1.165) is 0 Å². The first kappa shape index (κ1) is 18.0. The Morgan fingerprint density at radius 3 is 2.31 bits per heavy atom. The highest BCUT2D eigenvalue weighted by Gasteiger charge is 2.48. The van der Waals surface area contributed by atoms with Gasteiger partial charge >= 0.3 is 6.36 Å². The third kappa shape index (κ3) is 3.05. The lowest BCUT2D eigenvalue weighted by molar-refractivity contribution is -0.274. The number of anilines is 1. The maximum absolute atomic E-state index is 12.4. The molecule has 1 heterocycles. The molecule has 1 atom stereocenters. The van der Waals surface area contributed by atoms with E-state index in [1.165, 1.54) is 29.2 Å². The van der Waals surface area contributed by atoms with Crippen LogP contribution in [0, 0.1) is 5.41 Å². The fourth-order valence-electron chi connectivity index (χ4n) is 2.92. The highest BCUT2D eigenvalue weighted by Crippen LogP contribution is 2.37. The van der Waals surface area contributed by atoms with Gasteiger partial charge in [-0.25, -0.2) is 0 Å². The van der Waals surface area contributed by atoms with Crippen LogP contribution in [-0.4, -0.2) is 29.3 Å². The Hall–Kier alpha value is -2.81. The summed E-state index contributed by atoms with van der Waals surface area (Å²) >= 11 is 5.27. The minimum Gasteiger partial charge on any atom is -0.406 e. The number of rotatable bonds is 3. The number of ether oxygens (including phenoxy) is 1. The van der Waals surface area contributed by atoms with Gasteiger partial charge < -0.3 is 20.7 Å². The van der Waals surface area contributed by atoms with Gasteiger partial charge in [0.1, 0.15) is 17.1 Å². The number of nitrogens with two attached hydrogens (primary N) is 1. The Bertz CT molecular complexity index is 869. The van der Waals surface area contributed by atoms with Crippen LogP contribution in [0.25, 0.3) is 0 Å². The van der Waals surface area contributed by atoms with Gasteiger partial charge in [0.15, 0.2) is 5.11 Å². The second kappa shape index (κ2) is 6.17. The van der Waals surface area contributed by atoms with Gasteiger partial charge in [0.25, 0.3) is 0 Å². The number of nitrogens with one attached hydrogen (secondary N) is 2.